The lowest BCUT2D eigenvalue weighted by Crippen LogP contribution is -2.39. The van der Waals surface area contributed by atoms with Crippen LogP contribution in [-0.2, 0) is 9.59 Å². The van der Waals surface area contributed by atoms with Crippen molar-refractivity contribution in [3.8, 4) is 16.9 Å². The van der Waals surface area contributed by atoms with Gasteiger partial charge in [-0.2, -0.15) is 5.10 Å². The Kier molecular flexibility index (Phi) is 9.45. The molecule has 1 unspecified atom stereocenters. The van der Waals surface area contributed by atoms with Gasteiger partial charge in [0, 0.05) is 24.6 Å². The number of hydrogen-bond donors (Lipinski definition) is 1. The van der Waals surface area contributed by atoms with Crippen LogP contribution in [0.3, 0.4) is 0 Å². The van der Waals surface area contributed by atoms with E-state index >= 15 is 0 Å². The van der Waals surface area contributed by atoms with Gasteiger partial charge in [-0.15, -0.1) is 0 Å². The van der Waals surface area contributed by atoms with Gasteiger partial charge in [-0.05, 0) is 36.3 Å². The van der Waals surface area contributed by atoms with Crippen molar-refractivity contribution in [2.75, 3.05) is 18.4 Å². The molecule has 0 bridgehead atoms. The van der Waals surface area contributed by atoms with Gasteiger partial charge in [0.25, 0.3) is 0 Å². The standard InChI is InChI=1S/C30H40N4O2/c1-6-7-18-33(29(36)19-23(2)21-30(3,4)5)22-28(35)31-27-20-26(24-14-10-8-11-15-24)32-34(27)25-16-12-9-13-17-25/h8-17,20,23H,6-7,18-19,21-22H2,1-5H3,(H,31,35). The van der Waals surface area contributed by atoms with E-state index in [2.05, 4.69) is 39.9 Å². The second kappa shape index (κ2) is 12.5. The van der Waals surface area contributed by atoms with E-state index in [1.165, 1.54) is 0 Å². The van der Waals surface area contributed by atoms with Crippen LogP contribution in [0.25, 0.3) is 16.9 Å². The monoisotopic (exact) mass is 488 g/mol. The van der Waals surface area contributed by atoms with Crippen molar-refractivity contribution in [3.05, 3.63) is 66.7 Å². The summed E-state index contributed by atoms with van der Waals surface area (Å²) in [4.78, 5) is 28.0. The Labute approximate surface area is 215 Å². The second-order valence-corrected chi connectivity index (χ2v) is 10.8. The van der Waals surface area contributed by atoms with Gasteiger partial charge in [-0.25, -0.2) is 4.68 Å². The van der Waals surface area contributed by atoms with Crippen molar-refractivity contribution in [2.24, 2.45) is 11.3 Å². The molecule has 1 atom stereocenters. The number of nitrogens with zero attached hydrogens (tertiary/aromatic N) is 3. The minimum atomic E-state index is -0.223. The first-order valence-corrected chi connectivity index (χ1v) is 12.9. The molecule has 0 saturated carbocycles. The van der Waals surface area contributed by atoms with Gasteiger partial charge in [0.1, 0.15) is 5.82 Å². The first kappa shape index (κ1) is 27.2. The summed E-state index contributed by atoms with van der Waals surface area (Å²) >= 11 is 0. The molecule has 0 saturated heterocycles. The van der Waals surface area contributed by atoms with Crippen LogP contribution in [0.4, 0.5) is 5.82 Å². The van der Waals surface area contributed by atoms with Crippen LogP contribution in [0, 0.1) is 11.3 Å². The number of amides is 2. The number of carbonyl (C=O) groups is 2. The van der Waals surface area contributed by atoms with Crippen LogP contribution in [0.2, 0.25) is 0 Å². The van der Waals surface area contributed by atoms with Gasteiger partial charge >= 0.3 is 0 Å². The summed E-state index contributed by atoms with van der Waals surface area (Å²) < 4.78 is 1.74. The number of aromatic nitrogens is 2. The minimum absolute atomic E-state index is 0.0295. The Balaban J connectivity index is 1.78. The van der Waals surface area contributed by atoms with Crippen LogP contribution in [0.1, 0.15) is 60.3 Å². The first-order valence-electron chi connectivity index (χ1n) is 12.9. The predicted octanol–water partition coefficient (Wildman–Crippen LogP) is 6.57. The number of rotatable bonds is 11. The molecular formula is C30H40N4O2. The molecule has 0 fully saturated rings. The maximum atomic E-state index is 13.2. The molecule has 3 rings (SSSR count). The summed E-state index contributed by atoms with van der Waals surface area (Å²) in [5.41, 5.74) is 2.75. The summed E-state index contributed by atoms with van der Waals surface area (Å²) in [6.45, 7) is 11.4. The van der Waals surface area contributed by atoms with Crippen LogP contribution in [-0.4, -0.2) is 39.6 Å². The molecule has 36 heavy (non-hydrogen) atoms. The van der Waals surface area contributed by atoms with E-state index < -0.39 is 0 Å². The summed E-state index contributed by atoms with van der Waals surface area (Å²) in [7, 11) is 0. The Bertz CT molecular complexity index is 1120. The molecule has 1 aromatic heterocycles. The highest BCUT2D eigenvalue weighted by atomic mass is 16.2. The number of unbranched alkanes of at least 4 members (excludes halogenated alkanes) is 1. The molecule has 0 spiro atoms. The van der Waals surface area contributed by atoms with Gasteiger partial charge in [0.15, 0.2) is 0 Å². The third kappa shape index (κ3) is 8.08. The van der Waals surface area contributed by atoms with E-state index in [0.717, 1.165) is 36.2 Å². The highest BCUT2D eigenvalue weighted by Crippen LogP contribution is 2.27. The largest absolute Gasteiger partial charge is 0.333 e. The highest BCUT2D eigenvalue weighted by Gasteiger charge is 2.23. The Morgan fingerprint density at radius 2 is 1.67 bits per heavy atom. The molecule has 6 heteroatoms. The average Bonchev–Trinajstić information content (AvgIpc) is 3.25. The lowest BCUT2D eigenvalue weighted by atomic mass is 9.84. The van der Waals surface area contributed by atoms with Gasteiger partial charge in [-0.3, -0.25) is 9.59 Å². The third-order valence-corrected chi connectivity index (χ3v) is 6.00. The van der Waals surface area contributed by atoms with Gasteiger partial charge in [0.2, 0.25) is 11.8 Å². The number of benzene rings is 2. The summed E-state index contributed by atoms with van der Waals surface area (Å²) in [5, 5.41) is 7.78. The fourth-order valence-corrected chi connectivity index (χ4v) is 4.53. The van der Waals surface area contributed by atoms with Crippen LogP contribution in [0.5, 0.6) is 0 Å². The molecule has 6 nitrogen and oxygen atoms in total. The second-order valence-electron chi connectivity index (χ2n) is 10.8. The zero-order chi connectivity index (χ0) is 26.1. The molecule has 2 aromatic carbocycles. The molecule has 2 amide bonds. The number of anilines is 1. The zero-order valence-corrected chi connectivity index (χ0v) is 22.3. The van der Waals surface area contributed by atoms with Crippen molar-refractivity contribution < 1.29 is 9.59 Å². The topological polar surface area (TPSA) is 67.2 Å². The molecule has 192 valence electrons. The van der Waals surface area contributed by atoms with Crippen molar-refractivity contribution in [3.63, 3.8) is 0 Å². The maximum absolute atomic E-state index is 13.2. The molecule has 1 heterocycles. The van der Waals surface area contributed by atoms with E-state index in [4.69, 9.17) is 5.10 Å². The Hall–Kier alpha value is -3.41. The smallest absolute Gasteiger partial charge is 0.245 e. The summed E-state index contributed by atoms with van der Waals surface area (Å²) in [5.74, 6) is 0.656. The van der Waals surface area contributed by atoms with Gasteiger partial charge in [-0.1, -0.05) is 89.6 Å². The number of nitrogens with one attached hydrogen (secondary N) is 1. The molecule has 3 aromatic rings. The zero-order valence-electron chi connectivity index (χ0n) is 22.3. The van der Waals surface area contributed by atoms with E-state index in [0.29, 0.717) is 18.8 Å². The van der Waals surface area contributed by atoms with E-state index in [9.17, 15) is 9.59 Å². The van der Waals surface area contributed by atoms with E-state index in [-0.39, 0.29) is 29.7 Å². The van der Waals surface area contributed by atoms with Crippen LogP contribution >= 0.6 is 0 Å². The summed E-state index contributed by atoms with van der Waals surface area (Å²) in [6.07, 6.45) is 3.25. The SMILES string of the molecule is CCCCN(CC(=O)Nc1cc(-c2ccccc2)nn1-c1ccccc1)C(=O)CC(C)CC(C)(C)C. The fourth-order valence-electron chi connectivity index (χ4n) is 4.53. The number of carbonyl (C=O) groups excluding carboxylic acids is 2. The van der Waals surface area contributed by atoms with E-state index in [1.54, 1.807) is 9.58 Å². The molecular weight excluding hydrogens is 448 g/mol. The average molecular weight is 489 g/mol. The molecule has 0 radical (unpaired) electrons. The molecule has 0 aliphatic heterocycles. The normalized spacial score (nSPS) is 12.2. The Morgan fingerprint density at radius 1 is 1.03 bits per heavy atom. The van der Waals surface area contributed by atoms with Crippen molar-refractivity contribution in [1.82, 2.24) is 14.7 Å². The summed E-state index contributed by atoms with van der Waals surface area (Å²) in [6, 6.07) is 21.5. The number of hydrogen-bond acceptors (Lipinski definition) is 3. The quantitative estimate of drug-likeness (QED) is 0.332. The number of para-hydroxylation sites is 1. The lowest BCUT2D eigenvalue weighted by Gasteiger charge is -2.26. The maximum Gasteiger partial charge on any atom is 0.245 e. The molecule has 0 aliphatic carbocycles. The van der Waals surface area contributed by atoms with Crippen molar-refractivity contribution in [1.29, 1.82) is 0 Å². The minimum Gasteiger partial charge on any atom is -0.333 e. The first-order chi connectivity index (χ1) is 17.2. The van der Waals surface area contributed by atoms with Crippen molar-refractivity contribution >= 4 is 17.6 Å². The lowest BCUT2D eigenvalue weighted by molar-refractivity contribution is -0.135. The highest BCUT2D eigenvalue weighted by molar-refractivity contribution is 5.94. The fraction of sp³-hybridized carbons (Fsp3) is 0.433. The molecule has 1 N–H and O–H groups in total. The van der Waals surface area contributed by atoms with Gasteiger partial charge in [0.05, 0.1) is 17.9 Å². The van der Waals surface area contributed by atoms with E-state index in [1.807, 2.05) is 66.7 Å². The molecule has 0 aliphatic rings. The Morgan fingerprint density at radius 3 is 2.28 bits per heavy atom. The van der Waals surface area contributed by atoms with Crippen molar-refractivity contribution in [2.45, 2.75) is 60.3 Å². The predicted molar refractivity (Wildman–Crippen MR) is 147 cm³/mol. The van der Waals surface area contributed by atoms with Crippen LogP contribution < -0.4 is 5.32 Å². The van der Waals surface area contributed by atoms with Crippen LogP contribution in [0.15, 0.2) is 66.7 Å². The van der Waals surface area contributed by atoms with Gasteiger partial charge < -0.3 is 10.2 Å². The third-order valence-electron chi connectivity index (χ3n) is 6.00.